The van der Waals surface area contributed by atoms with E-state index in [2.05, 4.69) is 5.43 Å². The zero-order valence-electron chi connectivity index (χ0n) is 6.32. The van der Waals surface area contributed by atoms with Crippen molar-refractivity contribution in [1.82, 2.24) is 5.43 Å². The number of nitrogens with two attached hydrogens (primary N) is 1. The minimum atomic E-state index is -0.751. The van der Waals surface area contributed by atoms with E-state index in [9.17, 15) is 9.90 Å². The molecule has 0 saturated carbocycles. The fraction of sp³-hybridized carbons (Fsp3) is 0.125. The summed E-state index contributed by atoms with van der Waals surface area (Å²) < 4.78 is 0. The van der Waals surface area contributed by atoms with E-state index in [0.29, 0.717) is 11.1 Å². The number of quaternary nitrogens is 1. The molecule has 1 amide bonds. The Morgan fingerprint density at radius 1 is 1.42 bits per heavy atom. The fourth-order valence-electron chi connectivity index (χ4n) is 1.28. The minimum Gasteiger partial charge on any atom is -0.370 e. The molecule has 4 nitrogen and oxygen atoms in total. The molecule has 1 unspecified atom stereocenters. The summed E-state index contributed by atoms with van der Waals surface area (Å²) in [7, 11) is 0. The highest BCUT2D eigenvalue weighted by Gasteiger charge is 2.26. The van der Waals surface area contributed by atoms with Crippen molar-refractivity contribution in [3.05, 3.63) is 35.4 Å². The number of benzene rings is 1. The van der Waals surface area contributed by atoms with Crippen molar-refractivity contribution in [1.29, 1.82) is 0 Å². The first-order chi connectivity index (χ1) is 5.79. The molecule has 0 aromatic heterocycles. The van der Waals surface area contributed by atoms with Gasteiger partial charge in [0.1, 0.15) is 0 Å². The van der Waals surface area contributed by atoms with Crippen LogP contribution in [-0.4, -0.2) is 11.0 Å². The molecule has 0 spiro atoms. The summed E-state index contributed by atoms with van der Waals surface area (Å²) in [6.45, 7) is 0. The molecule has 0 fully saturated rings. The van der Waals surface area contributed by atoms with Crippen LogP contribution < -0.4 is 10.9 Å². The number of fused-ring (bicyclic) bond motifs is 1. The highest BCUT2D eigenvalue weighted by Crippen LogP contribution is 2.15. The second kappa shape index (κ2) is 2.67. The van der Waals surface area contributed by atoms with Crippen LogP contribution in [0.1, 0.15) is 22.1 Å². The first kappa shape index (κ1) is 7.42. The number of aliphatic hydroxyl groups excluding tert-OH is 1. The number of amides is 1. The lowest BCUT2D eigenvalue weighted by Gasteiger charge is -2.17. The van der Waals surface area contributed by atoms with E-state index in [4.69, 9.17) is 0 Å². The normalized spacial score (nSPS) is 22.1. The van der Waals surface area contributed by atoms with Gasteiger partial charge in [0.05, 0.1) is 5.56 Å². The van der Waals surface area contributed by atoms with Crippen molar-refractivity contribution in [2.24, 2.45) is 0 Å². The van der Waals surface area contributed by atoms with Crippen molar-refractivity contribution < 1.29 is 15.3 Å². The molecule has 1 aromatic rings. The Bertz CT molecular complexity index is 325. The molecule has 2 rings (SSSR count). The third-order valence-electron chi connectivity index (χ3n) is 1.89. The fourth-order valence-corrected chi connectivity index (χ4v) is 1.28. The van der Waals surface area contributed by atoms with Crippen LogP contribution in [-0.2, 0) is 0 Å². The van der Waals surface area contributed by atoms with Gasteiger partial charge in [-0.1, -0.05) is 18.2 Å². The molecule has 4 heteroatoms. The molecule has 62 valence electrons. The van der Waals surface area contributed by atoms with Gasteiger partial charge in [0.2, 0.25) is 0 Å². The lowest BCUT2D eigenvalue weighted by atomic mass is 10.0. The molecule has 1 aliphatic heterocycles. The lowest BCUT2D eigenvalue weighted by molar-refractivity contribution is -0.635. The third kappa shape index (κ3) is 1.02. The van der Waals surface area contributed by atoms with Crippen LogP contribution in [0.3, 0.4) is 0 Å². The first-order valence-electron chi connectivity index (χ1n) is 3.69. The Balaban J connectivity index is 2.55. The number of nitrogens with one attached hydrogen (secondary N) is 1. The summed E-state index contributed by atoms with van der Waals surface area (Å²) in [6.07, 6.45) is -0.751. The van der Waals surface area contributed by atoms with Crippen LogP contribution in [0.4, 0.5) is 0 Å². The molecule has 1 aliphatic rings. The Morgan fingerprint density at radius 3 is 2.92 bits per heavy atom. The first-order valence-corrected chi connectivity index (χ1v) is 3.69. The standard InChI is InChI=1S/C8H8N2O2/c11-7-5-3-1-2-4-6(5)8(12)10-9-7/h1-4,7,9,11H,(H,10,12)/p+1. The quantitative estimate of drug-likeness (QED) is 0.427. The molecule has 0 aliphatic carbocycles. The lowest BCUT2D eigenvalue weighted by Crippen LogP contribution is -2.98. The summed E-state index contributed by atoms with van der Waals surface area (Å²) in [5, 5.41) is 9.38. The van der Waals surface area contributed by atoms with Crippen molar-refractivity contribution in [2.45, 2.75) is 6.23 Å². The summed E-state index contributed by atoms with van der Waals surface area (Å²) in [5.41, 5.74) is 5.07. The maximum atomic E-state index is 11.2. The topological polar surface area (TPSA) is 65.9 Å². The number of hydrogen-bond donors (Lipinski definition) is 3. The van der Waals surface area contributed by atoms with Crippen LogP contribution in [0.25, 0.3) is 0 Å². The van der Waals surface area contributed by atoms with Crippen LogP contribution >= 0.6 is 0 Å². The zero-order valence-corrected chi connectivity index (χ0v) is 6.32. The number of carbonyl (C=O) groups excluding carboxylic acids is 1. The predicted octanol–water partition coefficient (Wildman–Crippen LogP) is -1.10. The molecule has 0 saturated heterocycles. The van der Waals surface area contributed by atoms with E-state index in [1.807, 2.05) is 0 Å². The average molecular weight is 165 g/mol. The highest BCUT2D eigenvalue weighted by molar-refractivity contribution is 5.88. The average Bonchev–Trinajstić information content (AvgIpc) is 2.12. The summed E-state index contributed by atoms with van der Waals surface area (Å²) >= 11 is 0. The summed E-state index contributed by atoms with van der Waals surface area (Å²) in [4.78, 5) is 11.2. The largest absolute Gasteiger partial charge is 0.370 e. The van der Waals surface area contributed by atoms with Gasteiger partial charge in [-0.25, -0.2) is 4.79 Å². The molecular formula is C8H9N2O2+. The van der Waals surface area contributed by atoms with Gasteiger partial charge < -0.3 is 5.11 Å². The molecular weight excluding hydrogens is 156 g/mol. The molecule has 1 heterocycles. The van der Waals surface area contributed by atoms with E-state index in [-0.39, 0.29) is 5.91 Å². The van der Waals surface area contributed by atoms with Gasteiger partial charge in [0.25, 0.3) is 0 Å². The van der Waals surface area contributed by atoms with Crippen LogP contribution in [0, 0.1) is 0 Å². The number of carbonyl (C=O) groups is 1. The predicted molar refractivity (Wildman–Crippen MR) is 40.8 cm³/mol. The smallest absolute Gasteiger partial charge is 0.362 e. The van der Waals surface area contributed by atoms with E-state index in [0.717, 1.165) is 0 Å². The van der Waals surface area contributed by atoms with Crippen molar-refractivity contribution in [3.63, 3.8) is 0 Å². The van der Waals surface area contributed by atoms with Gasteiger partial charge in [0, 0.05) is 5.56 Å². The number of primary amides is 1. The van der Waals surface area contributed by atoms with Gasteiger partial charge in [-0.05, 0) is 6.07 Å². The maximum Gasteiger partial charge on any atom is 0.362 e. The van der Waals surface area contributed by atoms with E-state index < -0.39 is 6.23 Å². The number of rotatable bonds is 0. The highest BCUT2D eigenvalue weighted by atomic mass is 16.3. The Labute approximate surface area is 69.2 Å². The Morgan fingerprint density at radius 2 is 2.17 bits per heavy atom. The summed E-state index contributed by atoms with van der Waals surface area (Å²) in [6, 6.07) is 7.01. The maximum absolute atomic E-state index is 11.2. The Kier molecular flexibility index (Phi) is 1.65. The summed E-state index contributed by atoms with van der Waals surface area (Å²) in [5.74, 6) is -0.0871. The van der Waals surface area contributed by atoms with Crippen LogP contribution in [0.15, 0.2) is 24.3 Å². The molecule has 1 atom stereocenters. The van der Waals surface area contributed by atoms with Crippen molar-refractivity contribution in [3.8, 4) is 0 Å². The van der Waals surface area contributed by atoms with Gasteiger partial charge in [0.15, 0.2) is 6.23 Å². The number of hydrogen-bond acceptors (Lipinski definition) is 3. The van der Waals surface area contributed by atoms with E-state index in [1.165, 1.54) is 5.43 Å². The second-order valence-electron chi connectivity index (χ2n) is 2.67. The van der Waals surface area contributed by atoms with Crippen molar-refractivity contribution >= 4 is 5.91 Å². The zero-order chi connectivity index (χ0) is 8.55. The molecule has 0 bridgehead atoms. The van der Waals surface area contributed by atoms with Gasteiger partial charge in [-0.3, -0.25) is 0 Å². The Hall–Kier alpha value is -1.23. The van der Waals surface area contributed by atoms with E-state index >= 15 is 0 Å². The third-order valence-corrected chi connectivity index (χ3v) is 1.89. The molecule has 12 heavy (non-hydrogen) atoms. The van der Waals surface area contributed by atoms with Gasteiger partial charge in [-0.15, -0.1) is 5.43 Å². The van der Waals surface area contributed by atoms with Gasteiger partial charge >= 0.3 is 5.91 Å². The monoisotopic (exact) mass is 165 g/mol. The van der Waals surface area contributed by atoms with Crippen LogP contribution in [0.2, 0.25) is 0 Å². The van der Waals surface area contributed by atoms with Crippen LogP contribution in [0.5, 0.6) is 0 Å². The molecule has 4 N–H and O–H groups in total. The molecule has 1 aromatic carbocycles. The molecule has 0 radical (unpaired) electrons. The SMILES string of the molecule is O=C1[NH2+]NC(O)c2ccccc21. The second-order valence-corrected chi connectivity index (χ2v) is 2.67. The van der Waals surface area contributed by atoms with Crippen molar-refractivity contribution in [2.75, 3.05) is 0 Å². The van der Waals surface area contributed by atoms with E-state index in [1.54, 1.807) is 24.3 Å². The minimum absolute atomic E-state index is 0.0871. The van der Waals surface area contributed by atoms with Gasteiger partial charge in [-0.2, -0.15) is 5.43 Å². The number of aliphatic hydroxyl groups is 1.